The molecule has 1 unspecified atom stereocenters. The molecule has 2 heterocycles. The average molecular weight is 238 g/mol. The summed E-state index contributed by atoms with van der Waals surface area (Å²) < 4.78 is 5.40. The predicted octanol–water partition coefficient (Wildman–Crippen LogP) is 1.38. The highest BCUT2D eigenvalue weighted by molar-refractivity contribution is 4.97. The van der Waals surface area contributed by atoms with Gasteiger partial charge in [0.25, 0.3) is 0 Å². The Kier molecular flexibility index (Phi) is 4.12. The van der Waals surface area contributed by atoms with Crippen LogP contribution >= 0.6 is 0 Å². The molecule has 0 saturated carbocycles. The second-order valence-electron chi connectivity index (χ2n) is 4.89. The zero-order valence-electron chi connectivity index (χ0n) is 10.9. The third-order valence-corrected chi connectivity index (χ3v) is 3.32. The van der Waals surface area contributed by atoms with Gasteiger partial charge in [0.15, 0.2) is 5.82 Å². The van der Waals surface area contributed by atoms with Gasteiger partial charge in [0, 0.05) is 19.0 Å². The van der Waals surface area contributed by atoms with Crippen molar-refractivity contribution in [3.05, 3.63) is 11.7 Å². The van der Waals surface area contributed by atoms with Crippen molar-refractivity contribution in [1.82, 2.24) is 20.4 Å². The van der Waals surface area contributed by atoms with Gasteiger partial charge in [-0.1, -0.05) is 5.16 Å². The fourth-order valence-corrected chi connectivity index (χ4v) is 2.41. The molecule has 17 heavy (non-hydrogen) atoms. The Morgan fingerprint density at radius 1 is 1.53 bits per heavy atom. The van der Waals surface area contributed by atoms with Crippen LogP contribution in [-0.4, -0.2) is 41.2 Å². The number of nitrogens with zero attached hydrogens (tertiary/aromatic N) is 3. The van der Waals surface area contributed by atoms with Gasteiger partial charge in [-0.3, -0.25) is 4.90 Å². The van der Waals surface area contributed by atoms with Gasteiger partial charge in [0.1, 0.15) is 0 Å². The van der Waals surface area contributed by atoms with Crippen LogP contribution in [0.2, 0.25) is 0 Å². The maximum absolute atomic E-state index is 5.40. The lowest BCUT2D eigenvalue weighted by Gasteiger charge is -2.25. The van der Waals surface area contributed by atoms with Gasteiger partial charge in [-0.2, -0.15) is 4.98 Å². The lowest BCUT2D eigenvalue weighted by molar-refractivity contribution is 0.170. The summed E-state index contributed by atoms with van der Waals surface area (Å²) in [4.78, 5) is 6.94. The first-order valence-electron chi connectivity index (χ1n) is 6.45. The minimum absolute atomic E-state index is 0.325. The van der Waals surface area contributed by atoms with Gasteiger partial charge >= 0.3 is 0 Å². The second-order valence-corrected chi connectivity index (χ2v) is 4.89. The van der Waals surface area contributed by atoms with Crippen molar-refractivity contribution >= 4 is 0 Å². The van der Waals surface area contributed by atoms with Crippen molar-refractivity contribution in [1.29, 1.82) is 0 Å². The first-order valence-corrected chi connectivity index (χ1v) is 6.45. The number of likely N-dealkylation sites (N-methyl/N-ethyl adjacent to an activating group) is 1. The standard InChI is InChI=1S/C12H22N4O/c1-9(2)16-8-4-5-10(16)12-14-11(15-17-12)6-7-13-3/h9-10,13H,4-8H2,1-3H3. The molecule has 1 fully saturated rings. The fourth-order valence-electron chi connectivity index (χ4n) is 2.41. The Bertz CT molecular complexity index is 350. The molecular formula is C12H22N4O. The van der Waals surface area contributed by atoms with Crippen LogP contribution in [0.5, 0.6) is 0 Å². The SMILES string of the molecule is CNCCc1noc(C2CCCN2C(C)C)n1. The van der Waals surface area contributed by atoms with E-state index in [1.807, 2.05) is 7.05 Å². The van der Waals surface area contributed by atoms with Crippen molar-refractivity contribution in [3.8, 4) is 0 Å². The zero-order valence-corrected chi connectivity index (χ0v) is 10.9. The first-order chi connectivity index (χ1) is 8.22. The van der Waals surface area contributed by atoms with E-state index < -0.39 is 0 Å². The van der Waals surface area contributed by atoms with Crippen molar-refractivity contribution in [3.63, 3.8) is 0 Å². The monoisotopic (exact) mass is 238 g/mol. The normalized spacial score (nSPS) is 21.5. The molecule has 1 N–H and O–H groups in total. The predicted molar refractivity (Wildman–Crippen MR) is 65.7 cm³/mol. The van der Waals surface area contributed by atoms with Crippen LogP contribution in [0.3, 0.4) is 0 Å². The second kappa shape index (κ2) is 5.60. The molecule has 1 aliphatic heterocycles. The van der Waals surface area contributed by atoms with E-state index in [9.17, 15) is 0 Å². The summed E-state index contributed by atoms with van der Waals surface area (Å²) in [5.41, 5.74) is 0. The molecule has 96 valence electrons. The van der Waals surface area contributed by atoms with E-state index in [0.29, 0.717) is 12.1 Å². The smallest absolute Gasteiger partial charge is 0.244 e. The van der Waals surface area contributed by atoms with Crippen molar-refractivity contribution in [2.75, 3.05) is 20.1 Å². The van der Waals surface area contributed by atoms with Gasteiger partial charge in [-0.25, -0.2) is 0 Å². The van der Waals surface area contributed by atoms with Crippen LogP contribution in [-0.2, 0) is 6.42 Å². The molecule has 5 heteroatoms. The molecule has 2 rings (SSSR count). The molecule has 1 aliphatic rings. The van der Waals surface area contributed by atoms with Crippen molar-refractivity contribution in [2.45, 2.75) is 45.2 Å². The summed E-state index contributed by atoms with van der Waals surface area (Å²) >= 11 is 0. The fraction of sp³-hybridized carbons (Fsp3) is 0.833. The van der Waals surface area contributed by atoms with E-state index >= 15 is 0 Å². The lowest BCUT2D eigenvalue weighted by Crippen LogP contribution is -2.30. The van der Waals surface area contributed by atoms with Crippen LogP contribution in [0.25, 0.3) is 0 Å². The maximum atomic E-state index is 5.40. The summed E-state index contributed by atoms with van der Waals surface area (Å²) in [7, 11) is 1.93. The third kappa shape index (κ3) is 2.84. The molecule has 0 spiro atoms. The average Bonchev–Trinajstić information content (AvgIpc) is 2.94. The number of hydrogen-bond acceptors (Lipinski definition) is 5. The minimum Gasteiger partial charge on any atom is -0.338 e. The van der Waals surface area contributed by atoms with Gasteiger partial charge in [0.05, 0.1) is 6.04 Å². The Morgan fingerprint density at radius 2 is 2.35 bits per heavy atom. The van der Waals surface area contributed by atoms with Gasteiger partial charge in [-0.05, 0) is 40.3 Å². The molecule has 0 aromatic carbocycles. The third-order valence-electron chi connectivity index (χ3n) is 3.32. The quantitative estimate of drug-likeness (QED) is 0.840. The maximum Gasteiger partial charge on any atom is 0.244 e. The van der Waals surface area contributed by atoms with Crippen LogP contribution in [0.4, 0.5) is 0 Å². The lowest BCUT2D eigenvalue weighted by atomic mass is 10.2. The molecule has 1 atom stereocenters. The van der Waals surface area contributed by atoms with E-state index in [1.165, 1.54) is 6.42 Å². The number of likely N-dealkylation sites (tertiary alicyclic amines) is 1. The molecular weight excluding hydrogens is 216 g/mol. The molecule has 1 aromatic rings. The summed E-state index contributed by atoms with van der Waals surface area (Å²) in [6, 6.07) is 0.862. The van der Waals surface area contributed by atoms with Crippen LogP contribution in [0.1, 0.15) is 44.4 Å². The highest BCUT2D eigenvalue weighted by Crippen LogP contribution is 2.32. The van der Waals surface area contributed by atoms with Crippen LogP contribution in [0, 0.1) is 0 Å². The van der Waals surface area contributed by atoms with E-state index in [-0.39, 0.29) is 0 Å². The molecule has 1 aromatic heterocycles. The Balaban J connectivity index is 2.03. The van der Waals surface area contributed by atoms with E-state index in [4.69, 9.17) is 4.52 Å². The zero-order chi connectivity index (χ0) is 12.3. The highest BCUT2D eigenvalue weighted by atomic mass is 16.5. The highest BCUT2D eigenvalue weighted by Gasteiger charge is 2.31. The van der Waals surface area contributed by atoms with Gasteiger partial charge in [0.2, 0.25) is 5.89 Å². The number of hydrogen-bond donors (Lipinski definition) is 1. The largest absolute Gasteiger partial charge is 0.338 e. The number of rotatable bonds is 5. The molecule has 0 radical (unpaired) electrons. The Morgan fingerprint density at radius 3 is 3.06 bits per heavy atom. The summed E-state index contributed by atoms with van der Waals surface area (Å²) in [5.74, 6) is 1.60. The van der Waals surface area contributed by atoms with E-state index in [0.717, 1.165) is 37.6 Å². The summed E-state index contributed by atoms with van der Waals surface area (Å²) in [6.07, 6.45) is 3.18. The van der Waals surface area contributed by atoms with E-state index in [2.05, 4.69) is 34.2 Å². The van der Waals surface area contributed by atoms with Crippen molar-refractivity contribution in [2.24, 2.45) is 0 Å². The molecule has 0 bridgehead atoms. The van der Waals surface area contributed by atoms with Gasteiger partial charge in [-0.15, -0.1) is 0 Å². The molecule has 0 aliphatic carbocycles. The van der Waals surface area contributed by atoms with Crippen molar-refractivity contribution < 1.29 is 4.52 Å². The van der Waals surface area contributed by atoms with Crippen LogP contribution in [0.15, 0.2) is 4.52 Å². The van der Waals surface area contributed by atoms with E-state index in [1.54, 1.807) is 0 Å². The Hall–Kier alpha value is -0.940. The minimum atomic E-state index is 0.325. The Labute approximate surface area is 103 Å². The molecule has 1 saturated heterocycles. The van der Waals surface area contributed by atoms with Gasteiger partial charge < -0.3 is 9.84 Å². The van der Waals surface area contributed by atoms with Crippen LogP contribution < -0.4 is 5.32 Å². The summed E-state index contributed by atoms with van der Waals surface area (Å²) in [6.45, 7) is 6.46. The number of nitrogens with one attached hydrogen (secondary N) is 1. The summed E-state index contributed by atoms with van der Waals surface area (Å²) in [5, 5.41) is 7.13. The topological polar surface area (TPSA) is 54.2 Å². The number of aromatic nitrogens is 2. The first kappa shape index (κ1) is 12.5. The molecule has 5 nitrogen and oxygen atoms in total. The molecule has 0 amide bonds.